The summed E-state index contributed by atoms with van der Waals surface area (Å²) in [7, 11) is 0. The second kappa shape index (κ2) is 5.01. The van der Waals surface area contributed by atoms with Crippen LogP contribution < -0.4 is 5.32 Å². The highest BCUT2D eigenvalue weighted by molar-refractivity contribution is 5.26. The van der Waals surface area contributed by atoms with Crippen LogP contribution in [0.5, 0.6) is 0 Å². The van der Waals surface area contributed by atoms with Crippen LogP contribution in [0.4, 0.5) is 0 Å². The van der Waals surface area contributed by atoms with Gasteiger partial charge in [0, 0.05) is 25.2 Å². The second-order valence-corrected chi connectivity index (χ2v) is 6.85. The maximum atomic E-state index is 3.96. The summed E-state index contributed by atoms with van der Waals surface area (Å²) in [6, 6.07) is 10.8. The molecule has 0 amide bonds. The van der Waals surface area contributed by atoms with Gasteiger partial charge in [-0.25, -0.2) is 0 Å². The monoisotopic (exact) mass is 270 g/mol. The van der Waals surface area contributed by atoms with Crippen LogP contribution >= 0.6 is 0 Å². The fourth-order valence-electron chi connectivity index (χ4n) is 3.64. The Morgan fingerprint density at radius 1 is 1.30 bits per heavy atom. The molecule has 1 aliphatic carbocycles. The van der Waals surface area contributed by atoms with Gasteiger partial charge < -0.3 is 5.32 Å². The zero-order valence-corrected chi connectivity index (χ0v) is 12.7. The van der Waals surface area contributed by atoms with Crippen molar-refractivity contribution >= 4 is 0 Å². The Hall–Kier alpha value is -1.12. The summed E-state index contributed by atoms with van der Waals surface area (Å²) < 4.78 is 0. The van der Waals surface area contributed by atoms with Crippen LogP contribution in [0.3, 0.4) is 0 Å². The zero-order valence-electron chi connectivity index (χ0n) is 12.7. The minimum Gasteiger partial charge on any atom is -0.305 e. The van der Waals surface area contributed by atoms with E-state index in [0.717, 1.165) is 25.6 Å². The minimum atomic E-state index is 0.0403. The Morgan fingerprint density at radius 2 is 2.00 bits per heavy atom. The van der Waals surface area contributed by atoms with Gasteiger partial charge in [0.25, 0.3) is 0 Å². The van der Waals surface area contributed by atoms with E-state index in [0.29, 0.717) is 5.54 Å². The van der Waals surface area contributed by atoms with Crippen molar-refractivity contribution in [3.05, 3.63) is 48.6 Å². The van der Waals surface area contributed by atoms with Crippen LogP contribution in [0.2, 0.25) is 0 Å². The van der Waals surface area contributed by atoms with Crippen molar-refractivity contribution in [1.29, 1.82) is 0 Å². The molecule has 1 aliphatic heterocycles. The summed E-state index contributed by atoms with van der Waals surface area (Å²) in [4.78, 5) is 2.64. The number of hydrogen-bond donors (Lipinski definition) is 1. The Balaban J connectivity index is 1.86. The lowest BCUT2D eigenvalue weighted by Crippen LogP contribution is -2.67. The quantitative estimate of drug-likeness (QED) is 0.846. The van der Waals surface area contributed by atoms with Gasteiger partial charge in [0.1, 0.15) is 0 Å². The molecule has 20 heavy (non-hydrogen) atoms. The van der Waals surface area contributed by atoms with Crippen LogP contribution in [0.25, 0.3) is 0 Å². The molecule has 1 aromatic rings. The van der Waals surface area contributed by atoms with Crippen LogP contribution in [0.15, 0.2) is 43.0 Å². The third-order valence-electron chi connectivity index (χ3n) is 5.28. The van der Waals surface area contributed by atoms with Gasteiger partial charge in [0.2, 0.25) is 0 Å². The molecule has 0 radical (unpaired) electrons. The van der Waals surface area contributed by atoms with Crippen molar-refractivity contribution < 1.29 is 0 Å². The summed E-state index contributed by atoms with van der Waals surface area (Å²) in [5.41, 5.74) is 1.72. The maximum absolute atomic E-state index is 3.96. The van der Waals surface area contributed by atoms with Crippen LogP contribution in [-0.2, 0) is 5.54 Å². The number of hydrogen-bond acceptors (Lipinski definition) is 2. The Kier molecular flexibility index (Phi) is 3.47. The van der Waals surface area contributed by atoms with Gasteiger partial charge in [0.05, 0.1) is 5.54 Å². The van der Waals surface area contributed by atoms with Crippen LogP contribution in [-0.4, -0.2) is 30.1 Å². The number of benzene rings is 1. The average Bonchev–Trinajstić information content (AvgIpc) is 3.30. The van der Waals surface area contributed by atoms with Crippen molar-refractivity contribution in [2.24, 2.45) is 5.92 Å². The van der Waals surface area contributed by atoms with Crippen molar-refractivity contribution in [3.8, 4) is 0 Å². The first-order valence-electron chi connectivity index (χ1n) is 7.75. The largest absolute Gasteiger partial charge is 0.305 e. The van der Waals surface area contributed by atoms with E-state index in [1.54, 1.807) is 0 Å². The molecule has 2 atom stereocenters. The van der Waals surface area contributed by atoms with Crippen molar-refractivity contribution in [2.45, 2.75) is 37.8 Å². The van der Waals surface area contributed by atoms with Crippen molar-refractivity contribution in [1.82, 2.24) is 10.2 Å². The SMILES string of the molecule is C=CCN1CC(C)(c2ccccc2)NCC1(C)C1CC1. The molecule has 1 aromatic carbocycles. The van der Waals surface area contributed by atoms with Gasteiger partial charge in [-0.05, 0) is 38.2 Å². The number of nitrogens with zero attached hydrogens (tertiary/aromatic N) is 1. The highest BCUT2D eigenvalue weighted by atomic mass is 15.3. The topological polar surface area (TPSA) is 15.3 Å². The summed E-state index contributed by atoms with van der Waals surface area (Å²) in [5, 5.41) is 3.84. The molecule has 0 spiro atoms. The lowest BCUT2D eigenvalue weighted by molar-refractivity contribution is 0.0143. The Labute approximate surface area is 122 Å². The third-order valence-corrected chi connectivity index (χ3v) is 5.28. The minimum absolute atomic E-state index is 0.0403. The molecule has 1 N–H and O–H groups in total. The van der Waals surface area contributed by atoms with Gasteiger partial charge in [0.15, 0.2) is 0 Å². The summed E-state index contributed by atoms with van der Waals surface area (Å²) in [6.07, 6.45) is 4.82. The maximum Gasteiger partial charge on any atom is 0.0535 e. The van der Waals surface area contributed by atoms with Gasteiger partial charge in [-0.1, -0.05) is 36.4 Å². The zero-order chi connectivity index (χ0) is 14.2. The van der Waals surface area contributed by atoms with E-state index >= 15 is 0 Å². The first-order valence-corrected chi connectivity index (χ1v) is 7.75. The standard InChI is InChI=1S/C18H26N2/c1-4-12-20-14-17(2,15-8-6-5-7-9-15)19-13-18(20,3)16-10-11-16/h4-9,16,19H,1,10-14H2,2-3H3. The molecule has 2 heteroatoms. The summed E-state index contributed by atoms with van der Waals surface area (Å²) in [6.45, 7) is 11.8. The first kappa shape index (κ1) is 13.8. The van der Waals surface area contributed by atoms with Gasteiger partial charge in [-0.2, -0.15) is 0 Å². The molecule has 108 valence electrons. The number of nitrogens with one attached hydrogen (secondary N) is 1. The highest BCUT2D eigenvalue weighted by Crippen LogP contribution is 2.45. The normalized spacial score (nSPS) is 34.9. The fraction of sp³-hybridized carbons (Fsp3) is 0.556. The molecule has 1 heterocycles. The summed E-state index contributed by atoms with van der Waals surface area (Å²) >= 11 is 0. The molecule has 1 saturated heterocycles. The van der Waals surface area contributed by atoms with E-state index in [9.17, 15) is 0 Å². The Morgan fingerprint density at radius 3 is 2.60 bits per heavy atom. The first-order chi connectivity index (χ1) is 9.58. The van der Waals surface area contributed by atoms with E-state index in [1.807, 2.05) is 0 Å². The summed E-state index contributed by atoms with van der Waals surface area (Å²) in [5.74, 6) is 0.857. The third kappa shape index (κ3) is 2.32. The number of rotatable bonds is 4. The number of piperazine rings is 1. The molecule has 2 unspecified atom stereocenters. The fourth-order valence-corrected chi connectivity index (χ4v) is 3.64. The molecule has 2 fully saturated rings. The van der Waals surface area contributed by atoms with Gasteiger partial charge >= 0.3 is 0 Å². The van der Waals surface area contributed by atoms with Crippen molar-refractivity contribution in [2.75, 3.05) is 19.6 Å². The van der Waals surface area contributed by atoms with Crippen molar-refractivity contribution in [3.63, 3.8) is 0 Å². The second-order valence-electron chi connectivity index (χ2n) is 6.85. The lowest BCUT2D eigenvalue weighted by Gasteiger charge is -2.52. The molecular formula is C18H26N2. The van der Waals surface area contributed by atoms with E-state index in [2.05, 4.69) is 67.1 Å². The molecule has 0 aromatic heterocycles. The predicted octanol–water partition coefficient (Wildman–Crippen LogP) is 3.16. The highest BCUT2D eigenvalue weighted by Gasteiger charge is 2.50. The Bertz CT molecular complexity index is 479. The van der Waals surface area contributed by atoms with E-state index in [-0.39, 0.29) is 5.54 Å². The predicted molar refractivity (Wildman–Crippen MR) is 84.7 cm³/mol. The van der Waals surface area contributed by atoms with E-state index in [1.165, 1.54) is 18.4 Å². The molecule has 2 nitrogen and oxygen atoms in total. The molecule has 3 rings (SSSR count). The van der Waals surface area contributed by atoms with E-state index < -0.39 is 0 Å². The van der Waals surface area contributed by atoms with Gasteiger partial charge in [-0.15, -0.1) is 6.58 Å². The average molecular weight is 270 g/mol. The molecule has 0 bridgehead atoms. The van der Waals surface area contributed by atoms with E-state index in [4.69, 9.17) is 0 Å². The lowest BCUT2D eigenvalue weighted by atomic mass is 9.82. The molecule has 1 saturated carbocycles. The molecule has 2 aliphatic rings. The van der Waals surface area contributed by atoms with Crippen LogP contribution in [0.1, 0.15) is 32.3 Å². The van der Waals surface area contributed by atoms with Crippen LogP contribution in [0, 0.1) is 5.92 Å². The molecular weight excluding hydrogens is 244 g/mol. The smallest absolute Gasteiger partial charge is 0.0535 e. The van der Waals surface area contributed by atoms with Gasteiger partial charge in [-0.3, -0.25) is 4.90 Å².